The fourth-order valence-electron chi connectivity index (χ4n) is 1.21. The largest absolute Gasteiger partial charge is 0.337 e. The molecule has 6 heteroatoms. The minimum absolute atomic E-state index is 0.247. The van der Waals surface area contributed by atoms with Gasteiger partial charge in [0.05, 0.1) is 11.1 Å². The van der Waals surface area contributed by atoms with Gasteiger partial charge in [-0.2, -0.15) is 4.98 Å². The Morgan fingerprint density at radius 1 is 1.56 bits per heavy atom. The number of aromatic nitrogens is 3. The Morgan fingerprint density at radius 3 is 3.06 bits per heavy atom. The molecule has 2 aromatic rings. The zero-order valence-corrected chi connectivity index (χ0v) is 9.48. The van der Waals surface area contributed by atoms with Gasteiger partial charge in [0.25, 0.3) is 0 Å². The van der Waals surface area contributed by atoms with E-state index in [0.717, 1.165) is 6.42 Å². The maximum absolute atomic E-state index is 5.97. The summed E-state index contributed by atoms with van der Waals surface area (Å²) in [6.45, 7) is 1.95. The standard InChI is InChI=1S/C10H11ClN4O/c1-2-7(12)10-14-9(15-16-10)8-6(11)4-3-5-13-8/h3-5,7H,2,12H2,1H3. The molecule has 0 saturated carbocycles. The average Bonchev–Trinajstić information content (AvgIpc) is 2.78. The van der Waals surface area contributed by atoms with E-state index in [4.69, 9.17) is 21.9 Å². The molecule has 0 spiro atoms. The molecule has 0 saturated heterocycles. The highest BCUT2D eigenvalue weighted by molar-refractivity contribution is 6.32. The lowest BCUT2D eigenvalue weighted by molar-refractivity contribution is 0.352. The number of nitrogens with zero attached hydrogens (tertiary/aromatic N) is 3. The van der Waals surface area contributed by atoms with E-state index in [1.165, 1.54) is 0 Å². The molecule has 0 aliphatic heterocycles. The van der Waals surface area contributed by atoms with Crippen LogP contribution in [-0.2, 0) is 0 Å². The van der Waals surface area contributed by atoms with Crippen LogP contribution >= 0.6 is 11.6 Å². The Bertz CT molecular complexity index is 485. The zero-order chi connectivity index (χ0) is 11.5. The third kappa shape index (κ3) is 2.05. The van der Waals surface area contributed by atoms with Crippen LogP contribution in [0.2, 0.25) is 5.02 Å². The monoisotopic (exact) mass is 238 g/mol. The second-order valence-electron chi connectivity index (χ2n) is 3.30. The second kappa shape index (κ2) is 4.59. The molecule has 0 bridgehead atoms. The van der Waals surface area contributed by atoms with Crippen LogP contribution < -0.4 is 5.73 Å². The molecule has 84 valence electrons. The summed E-state index contributed by atoms with van der Waals surface area (Å²) in [5.41, 5.74) is 6.28. The van der Waals surface area contributed by atoms with Gasteiger partial charge in [-0.25, -0.2) is 0 Å². The van der Waals surface area contributed by atoms with Crippen molar-refractivity contribution in [1.29, 1.82) is 0 Å². The molecule has 1 atom stereocenters. The van der Waals surface area contributed by atoms with Crippen molar-refractivity contribution in [1.82, 2.24) is 15.1 Å². The molecule has 2 N–H and O–H groups in total. The molecule has 5 nitrogen and oxygen atoms in total. The van der Waals surface area contributed by atoms with Gasteiger partial charge in [0.15, 0.2) is 0 Å². The highest BCUT2D eigenvalue weighted by atomic mass is 35.5. The van der Waals surface area contributed by atoms with Crippen LogP contribution in [0.5, 0.6) is 0 Å². The first-order valence-electron chi connectivity index (χ1n) is 4.92. The number of hydrogen-bond donors (Lipinski definition) is 1. The lowest BCUT2D eigenvalue weighted by Gasteiger charge is -1.99. The Hall–Kier alpha value is -1.46. The van der Waals surface area contributed by atoms with Crippen molar-refractivity contribution in [3.05, 3.63) is 29.2 Å². The molecule has 2 rings (SSSR count). The van der Waals surface area contributed by atoms with Crippen LogP contribution in [0.15, 0.2) is 22.9 Å². The second-order valence-corrected chi connectivity index (χ2v) is 3.71. The quantitative estimate of drug-likeness (QED) is 0.887. The normalized spacial score (nSPS) is 12.7. The van der Waals surface area contributed by atoms with Gasteiger partial charge in [-0.05, 0) is 18.6 Å². The first-order chi connectivity index (χ1) is 7.72. The predicted octanol–water partition coefficient (Wildman–Crippen LogP) is 2.19. The van der Waals surface area contributed by atoms with E-state index in [2.05, 4.69) is 15.1 Å². The summed E-state index contributed by atoms with van der Waals surface area (Å²) in [7, 11) is 0. The van der Waals surface area contributed by atoms with Gasteiger partial charge in [0, 0.05) is 6.20 Å². The highest BCUT2D eigenvalue weighted by Gasteiger charge is 2.16. The summed E-state index contributed by atoms with van der Waals surface area (Å²) >= 11 is 5.97. The molecule has 2 aromatic heterocycles. The third-order valence-electron chi connectivity index (χ3n) is 2.17. The van der Waals surface area contributed by atoms with Crippen LogP contribution in [0.1, 0.15) is 25.3 Å². The minimum Gasteiger partial charge on any atom is -0.337 e. The molecule has 0 aliphatic carbocycles. The molecule has 0 radical (unpaired) electrons. The number of halogens is 1. The molecular weight excluding hydrogens is 228 g/mol. The fourth-order valence-corrected chi connectivity index (χ4v) is 1.41. The molecule has 1 unspecified atom stereocenters. The van der Waals surface area contributed by atoms with Crippen LogP contribution in [0.4, 0.5) is 0 Å². The van der Waals surface area contributed by atoms with E-state index in [0.29, 0.717) is 22.4 Å². The predicted molar refractivity (Wildman–Crippen MR) is 59.8 cm³/mol. The van der Waals surface area contributed by atoms with Crippen LogP contribution in [0, 0.1) is 0 Å². The Balaban J connectivity index is 2.35. The maximum Gasteiger partial charge on any atom is 0.243 e. The van der Waals surface area contributed by atoms with Gasteiger partial charge in [-0.1, -0.05) is 23.7 Å². The smallest absolute Gasteiger partial charge is 0.243 e. The van der Waals surface area contributed by atoms with E-state index >= 15 is 0 Å². The first kappa shape index (κ1) is 11.0. The lowest BCUT2D eigenvalue weighted by atomic mass is 10.2. The zero-order valence-electron chi connectivity index (χ0n) is 8.72. The Kier molecular flexibility index (Phi) is 3.17. The van der Waals surface area contributed by atoms with Gasteiger partial charge in [0.1, 0.15) is 5.69 Å². The Morgan fingerprint density at radius 2 is 2.38 bits per heavy atom. The average molecular weight is 239 g/mol. The number of rotatable bonds is 3. The minimum atomic E-state index is -0.247. The van der Waals surface area contributed by atoms with Crippen molar-refractivity contribution >= 4 is 11.6 Å². The van der Waals surface area contributed by atoms with Gasteiger partial charge < -0.3 is 10.3 Å². The summed E-state index contributed by atoms with van der Waals surface area (Å²) in [4.78, 5) is 8.25. The summed E-state index contributed by atoms with van der Waals surface area (Å²) in [5, 5.41) is 4.29. The Labute approximate surface area is 97.6 Å². The molecule has 0 aromatic carbocycles. The summed E-state index contributed by atoms with van der Waals surface area (Å²) < 4.78 is 5.04. The van der Waals surface area contributed by atoms with E-state index in [1.807, 2.05) is 6.92 Å². The van der Waals surface area contributed by atoms with Gasteiger partial charge in [-0.3, -0.25) is 4.98 Å². The van der Waals surface area contributed by atoms with Crippen molar-refractivity contribution in [2.24, 2.45) is 5.73 Å². The fraction of sp³-hybridized carbons (Fsp3) is 0.300. The van der Waals surface area contributed by atoms with Crippen LogP contribution in [0.25, 0.3) is 11.5 Å². The first-order valence-corrected chi connectivity index (χ1v) is 5.30. The van der Waals surface area contributed by atoms with Crippen LogP contribution in [0.3, 0.4) is 0 Å². The molecule has 0 amide bonds. The topological polar surface area (TPSA) is 77.8 Å². The van der Waals surface area contributed by atoms with Crippen molar-refractivity contribution in [2.75, 3.05) is 0 Å². The van der Waals surface area contributed by atoms with Crippen molar-refractivity contribution in [2.45, 2.75) is 19.4 Å². The van der Waals surface area contributed by atoms with Crippen LogP contribution in [-0.4, -0.2) is 15.1 Å². The number of pyridine rings is 1. The number of hydrogen-bond acceptors (Lipinski definition) is 5. The van der Waals surface area contributed by atoms with Gasteiger partial charge in [0.2, 0.25) is 11.7 Å². The highest BCUT2D eigenvalue weighted by Crippen LogP contribution is 2.23. The molecule has 0 aliphatic rings. The molecule has 0 fully saturated rings. The van der Waals surface area contributed by atoms with E-state index in [9.17, 15) is 0 Å². The lowest BCUT2D eigenvalue weighted by Crippen LogP contribution is -2.08. The van der Waals surface area contributed by atoms with Gasteiger partial charge >= 0.3 is 0 Å². The summed E-state index contributed by atoms with van der Waals surface area (Å²) in [6.07, 6.45) is 2.36. The molecule has 16 heavy (non-hydrogen) atoms. The maximum atomic E-state index is 5.97. The van der Waals surface area contributed by atoms with Crippen molar-refractivity contribution < 1.29 is 4.52 Å². The SMILES string of the molecule is CCC(N)c1nc(-c2ncccc2Cl)no1. The summed E-state index contributed by atoms with van der Waals surface area (Å²) in [5.74, 6) is 0.767. The van der Waals surface area contributed by atoms with E-state index in [-0.39, 0.29) is 6.04 Å². The number of nitrogens with two attached hydrogens (primary N) is 1. The third-order valence-corrected chi connectivity index (χ3v) is 2.47. The van der Waals surface area contributed by atoms with Gasteiger partial charge in [-0.15, -0.1) is 0 Å². The molecule has 2 heterocycles. The van der Waals surface area contributed by atoms with E-state index in [1.54, 1.807) is 18.3 Å². The molecular formula is C10H11ClN4O. The van der Waals surface area contributed by atoms with Crippen molar-refractivity contribution in [3.8, 4) is 11.5 Å². The van der Waals surface area contributed by atoms with E-state index < -0.39 is 0 Å². The van der Waals surface area contributed by atoms with Crippen molar-refractivity contribution in [3.63, 3.8) is 0 Å². The summed E-state index contributed by atoms with van der Waals surface area (Å²) in [6, 6.07) is 3.22.